The molecule has 4 N–H and O–H groups in total. The van der Waals surface area contributed by atoms with Gasteiger partial charge in [0.05, 0.1) is 12.3 Å². The van der Waals surface area contributed by atoms with Gasteiger partial charge in [-0.1, -0.05) is 6.92 Å². The van der Waals surface area contributed by atoms with E-state index in [1.807, 2.05) is 18.2 Å². The highest BCUT2D eigenvalue weighted by molar-refractivity contribution is 5.61. The SMILES string of the molecule is CCCOc1cc(NCCCCCO)ccc1N. The molecular formula is C14H24N2O2. The van der Waals surface area contributed by atoms with Gasteiger partial charge in [-0.2, -0.15) is 0 Å². The van der Waals surface area contributed by atoms with Crippen LogP contribution in [0.3, 0.4) is 0 Å². The zero-order valence-electron chi connectivity index (χ0n) is 11.1. The number of benzene rings is 1. The van der Waals surface area contributed by atoms with Crippen molar-refractivity contribution >= 4 is 11.4 Å². The van der Waals surface area contributed by atoms with Crippen molar-refractivity contribution in [3.05, 3.63) is 18.2 Å². The van der Waals surface area contributed by atoms with Crippen molar-refractivity contribution in [1.29, 1.82) is 0 Å². The minimum Gasteiger partial charge on any atom is -0.491 e. The number of nitrogens with two attached hydrogens (primary N) is 1. The molecule has 0 bridgehead atoms. The quantitative estimate of drug-likeness (QED) is 0.467. The van der Waals surface area contributed by atoms with E-state index in [0.29, 0.717) is 12.3 Å². The first-order valence-corrected chi connectivity index (χ1v) is 6.65. The number of anilines is 2. The van der Waals surface area contributed by atoms with Crippen LogP contribution in [-0.4, -0.2) is 24.9 Å². The highest BCUT2D eigenvalue weighted by Gasteiger charge is 2.01. The molecule has 0 aromatic heterocycles. The number of rotatable bonds is 9. The predicted octanol–water partition coefficient (Wildman–Crippen LogP) is 2.63. The van der Waals surface area contributed by atoms with E-state index in [0.717, 1.165) is 43.7 Å². The number of aliphatic hydroxyl groups is 1. The molecule has 0 spiro atoms. The number of nitrogens with one attached hydrogen (secondary N) is 1. The van der Waals surface area contributed by atoms with E-state index in [4.69, 9.17) is 15.6 Å². The topological polar surface area (TPSA) is 67.5 Å². The van der Waals surface area contributed by atoms with Gasteiger partial charge in [-0.05, 0) is 37.8 Å². The molecule has 0 aliphatic rings. The van der Waals surface area contributed by atoms with Crippen LogP contribution in [0.5, 0.6) is 5.75 Å². The molecule has 0 amide bonds. The molecule has 4 heteroatoms. The average molecular weight is 252 g/mol. The zero-order chi connectivity index (χ0) is 13.2. The summed E-state index contributed by atoms with van der Waals surface area (Å²) in [6.45, 7) is 3.93. The molecule has 18 heavy (non-hydrogen) atoms. The van der Waals surface area contributed by atoms with Gasteiger partial charge in [-0.25, -0.2) is 0 Å². The van der Waals surface area contributed by atoms with Crippen LogP contribution in [0.15, 0.2) is 18.2 Å². The highest BCUT2D eigenvalue weighted by Crippen LogP contribution is 2.25. The summed E-state index contributed by atoms with van der Waals surface area (Å²) in [7, 11) is 0. The van der Waals surface area contributed by atoms with Crippen molar-refractivity contribution in [2.45, 2.75) is 32.6 Å². The Morgan fingerprint density at radius 1 is 1.28 bits per heavy atom. The van der Waals surface area contributed by atoms with Crippen LogP contribution in [0.4, 0.5) is 11.4 Å². The van der Waals surface area contributed by atoms with Gasteiger partial charge in [0, 0.05) is 24.9 Å². The van der Waals surface area contributed by atoms with Crippen LogP contribution in [0.1, 0.15) is 32.6 Å². The molecule has 0 atom stereocenters. The molecule has 0 aliphatic heterocycles. The third-order valence-electron chi connectivity index (χ3n) is 2.64. The lowest BCUT2D eigenvalue weighted by Crippen LogP contribution is -2.04. The standard InChI is InChI=1S/C14H24N2O2/c1-2-10-18-14-11-12(6-7-13(14)15)16-8-4-3-5-9-17/h6-7,11,16-17H,2-5,8-10,15H2,1H3. The third kappa shape index (κ3) is 5.27. The normalized spacial score (nSPS) is 10.3. The number of hydrogen-bond donors (Lipinski definition) is 3. The maximum atomic E-state index is 8.68. The lowest BCUT2D eigenvalue weighted by Gasteiger charge is -2.11. The molecule has 0 radical (unpaired) electrons. The van der Waals surface area contributed by atoms with Gasteiger partial charge in [-0.15, -0.1) is 0 Å². The molecule has 1 rings (SSSR count). The van der Waals surface area contributed by atoms with Crippen LogP contribution >= 0.6 is 0 Å². The van der Waals surface area contributed by atoms with Crippen LogP contribution in [-0.2, 0) is 0 Å². The van der Waals surface area contributed by atoms with E-state index in [2.05, 4.69) is 12.2 Å². The Labute approximate surface area is 109 Å². The Kier molecular flexibility index (Phi) is 7.03. The summed E-state index contributed by atoms with van der Waals surface area (Å²) in [5.74, 6) is 0.747. The van der Waals surface area contributed by atoms with Gasteiger partial charge in [0.1, 0.15) is 5.75 Å². The summed E-state index contributed by atoms with van der Waals surface area (Å²) >= 11 is 0. The summed E-state index contributed by atoms with van der Waals surface area (Å²) in [4.78, 5) is 0. The Balaban J connectivity index is 2.40. The minimum absolute atomic E-state index is 0.275. The molecule has 4 nitrogen and oxygen atoms in total. The van der Waals surface area contributed by atoms with E-state index in [-0.39, 0.29) is 6.61 Å². The van der Waals surface area contributed by atoms with Crippen molar-refractivity contribution in [2.75, 3.05) is 30.8 Å². The van der Waals surface area contributed by atoms with Gasteiger partial charge in [0.2, 0.25) is 0 Å². The van der Waals surface area contributed by atoms with Gasteiger partial charge in [0.25, 0.3) is 0 Å². The fourth-order valence-corrected chi connectivity index (χ4v) is 1.63. The first-order valence-electron chi connectivity index (χ1n) is 6.65. The fraction of sp³-hybridized carbons (Fsp3) is 0.571. The first-order chi connectivity index (χ1) is 8.77. The van der Waals surface area contributed by atoms with Gasteiger partial charge < -0.3 is 20.9 Å². The Morgan fingerprint density at radius 2 is 2.11 bits per heavy atom. The first kappa shape index (κ1) is 14.6. The molecule has 1 aromatic rings. The molecule has 0 heterocycles. The van der Waals surface area contributed by atoms with Crippen molar-refractivity contribution in [3.63, 3.8) is 0 Å². The highest BCUT2D eigenvalue weighted by atomic mass is 16.5. The molecule has 0 unspecified atom stereocenters. The minimum atomic E-state index is 0.275. The lowest BCUT2D eigenvalue weighted by atomic mass is 10.2. The smallest absolute Gasteiger partial charge is 0.144 e. The number of aliphatic hydroxyl groups excluding tert-OH is 1. The van der Waals surface area contributed by atoms with Crippen molar-refractivity contribution in [2.24, 2.45) is 0 Å². The molecule has 0 saturated heterocycles. The summed E-state index contributed by atoms with van der Waals surface area (Å²) in [6.07, 6.45) is 3.93. The fourth-order valence-electron chi connectivity index (χ4n) is 1.63. The molecule has 0 fully saturated rings. The van der Waals surface area contributed by atoms with Crippen molar-refractivity contribution < 1.29 is 9.84 Å². The molecule has 1 aromatic carbocycles. The van der Waals surface area contributed by atoms with E-state index in [9.17, 15) is 0 Å². The van der Waals surface area contributed by atoms with Crippen LogP contribution in [0.2, 0.25) is 0 Å². The molecule has 102 valence electrons. The zero-order valence-corrected chi connectivity index (χ0v) is 11.1. The summed E-state index contributed by atoms with van der Waals surface area (Å²) in [5.41, 5.74) is 7.55. The Hall–Kier alpha value is -1.42. The number of nitrogen functional groups attached to an aromatic ring is 1. The number of hydrogen-bond acceptors (Lipinski definition) is 4. The summed E-state index contributed by atoms with van der Waals surface area (Å²) in [5, 5.41) is 12.0. The largest absolute Gasteiger partial charge is 0.491 e. The van der Waals surface area contributed by atoms with Crippen LogP contribution in [0.25, 0.3) is 0 Å². The maximum Gasteiger partial charge on any atom is 0.144 e. The van der Waals surface area contributed by atoms with E-state index < -0.39 is 0 Å². The second-order valence-electron chi connectivity index (χ2n) is 4.31. The Morgan fingerprint density at radius 3 is 2.83 bits per heavy atom. The molecular weight excluding hydrogens is 228 g/mol. The summed E-state index contributed by atoms with van der Waals surface area (Å²) < 4.78 is 5.57. The van der Waals surface area contributed by atoms with Crippen LogP contribution in [0, 0.1) is 0 Å². The van der Waals surface area contributed by atoms with Crippen molar-refractivity contribution in [1.82, 2.24) is 0 Å². The van der Waals surface area contributed by atoms with E-state index >= 15 is 0 Å². The third-order valence-corrected chi connectivity index (χ3v) is 2.64. The molecule has 0 aliphatic carbocycles. The predicted molar refractivity (Wildman–Crippen MR) is 76.1 cm³/mol. The van der Waals surface area contributed by atoms with Crippen LogP contribution < -0.4 is 15.8 Å². The Bertz CT molecular complexity index is 343. The second-order valence-corrected chi connectivity index (χ2v) is 4.31. The summed E-state index contributed by atoms with van der Waals surface area (Å²) in [6, 6.07) is 5.76. The van der Waals surface area contributed by atoms with E-state index in [1.165, 1.54) is 0 Å². The van der Waals surface area contributed by atoms with E-state index in [1.54, 1.807) is 0 Å². The second kappa shape index (κ2) is 8.64. The van der Waals surface area contributed by atoms with Gasteiger partial charge in [-0.3, -0.25) is 0 Å². The van der Waals surface area contributed by atoms with Gasteiger partial charge in [0.15, 0.2) is 0 Å². The van der Waals surface area contributed by atoms with Gasteiger partial charge >= 0.3 is 0 Å². The number of ether oxygens (including phenoxy) is 1. The van der Waals surface area contributed by atoms with Crippen molar-refractivity contribution in [3.8, 4) is 5.75 Å². The molecule has 0 saturated carbocycles. The monoisotopic (exact) mass is 252 g/mol. The number of unbranched alkanes of at least 4 members (excludes halogenated alkanes) is 2. The average Bonchev–Trinajstić information content (AvgIpc) is 2.39. The maximum absolute atomic E-state index is 8.68. The lowest BCUT2D eigenvalue weighted by molar-refractivity contribution is 0.283.